The van der Waals surface area contributed by atoms with Crippen molar-refractivity contribution in [2.45, 2.75) is 45.4 Å². The van der Waals surface area contributed by atoms with Gasteiger partial charge in [-0.05, 0) is 41.9 Å². The first-order valence-electron chi connectivity index (χ1n) is 6.66. The van der Waals surface area contributed by atoms with Crippen LogP contribution in [0, 0.1) is 11.8 Å². The van der Waals surface area contributed by atoms with Gasteiger partial charge in [0.05, 0.1) is 0 Å². The van der Waals surface area contributed by atoms with Crippen LogP contribution in [0.25, 0.3) is 0 Å². The summed E-state index contributed by atoms with van der Waals surface area (Å²) in [5.41, 5.74) is 0.962. The molecule has 0 spiro atoms. The molecule has 5 heteroatoms. The van der Waals surface area contributed by atoms with Crippen molar-refractivity contribution >= 4 is 0 Å². The lowest BCUT2D eigenvalue weighted by molar-refractivity contribution is -0.209. The number of benzene rings is 1. The molecule has 4 unspecified atom stereocenters. The molecule has 1 rings (SSSR count). The summed E-state index contributed by atoms with van der Waals surface area (Å²) >= 11 is 0. The number of hydrogen-bond donors (Lipinski definition) is 2. The summed E-state index contributed by atoms with van der Waals surface area (Å²) < 4.78 is 37.1. The number of phenolic OH excluding ortho intramolecular Hbond substituents is 1. The van der Waals surface area contributed by atoms with Gasteiger partial charge in [0.2, 0.25) is 0 Å². The van der Waals surface area contributed by atoms with Crippen molar-refractivity contribution in [3.05, 3.63) is 29.8 Å². The van der Waals surface area contributed by atoms with Crippen LogP contribution < -0.4 is 0 Å². The second-order valence-corrected chi connectivity index (χ2v) is 5.51. The minimum atomic E-state index is -4.56. The zero-order valence-electron chi connectivity index (χ0n) is 11.9. The van der Waals surface area contributed by atoms with E-state index in [-0.39, 0.29) is 29.9 Å². The minimum absolute atomic E-state index is 0.0171. The molecular formula is C15H21F3O2. The van der Waals surface area contributed by atoms with E-state index in [0.29, 0.717) is 0 Å². The molecule has 0 heterocycles. The van der Waals surface area contributed by atoms with Crippen LogP contribution in [-0.2, 0) is 0 Å². The average Bonchev–Trinajstić information content (AvgIpc) is 2.36. The average molecular weight is 290 g/mol. The van der Waals surface area contributed by atoms with E-state index < -0.39 is 12.3 Å². The van der Waals surface area contributed by atoms with Gasteiger partial charge in [-0.1, -0.05) is 32.9 Å². The fourth-order valence-electron chi connectivity index (χ4n) is 2.27. The number of alkyl halides is 3. The third kappa shape index (κ3) is 4.40. The van der Waals surface area contributed by atoms with Gasteiger partial charge < -0.3 is 10.2 Å². The van der Waals surface area contributed by atoms with Gasteiger partial charge in [-0.3, -0.25) is 0 Å². The van der Waals surface area contributed by atoms with Crippen LogP contribution in [0.15, 0.2) is 24.3 Å². The Morgan fingerprint density at radius 1 is 1.05 bits per heavy atom. The van der Waals surface area contributed by atoms with Crippen molar-refractivity contribution in [1.29, 1.82) is 0 Å². The molecule has 4 atom stereocenters. The molecule has 1 aromatic rings. The topological polar surface area (TPSA) is 40.5 Å². The molecule has 0 aromatic heterocycles. The molecule has 114 valence electrons. The normalized spacial score (nSPS) is 18.4. The number of halogens is 3. The summed E-state index contributed by atoms with van der Waals surface area (Å²) in [6.07, 6.45) is -7.13. The van der Waals surface area contributed by atoms with Crippen molar-refractivity contribution < 1.29 is 23.4 Å². The highest BCUT2D eigenvalue weighted by Gasteiger charge is 2.39. The molecular weight excluding hydrogens is 269 g/mol. The first-order valence-corrected chi connectivity index (χ1v) is 6.66. The van der Waals surface area contributed by atoms with Crippen molar-refractivity contribution in [3.63, 3.8) is 0 Å². The Labute approximate surface area is 117 Å². The van der Waals surface area contributed by atoms with Gasteiger partial charge in [0.1, 0.15) is 11.9 Å². The Bertz CT molecular complexity index is 414. The van der Waals surface area contributed by atoms with Crippen LogP contribution in [0.3, 0.4) is 0 Å². The summed E-state index contributed by atoms with van der Waals surface area (Å²) in [7, 11) is 0. The quantitative estimate of drug-likeness (QED) is 0.857. The third-order valence-corrected chi connectivity index (χ3v) is 4.08. The van der Waals surface area contributed by atoms with E-state index in [1.807, 2.05) is 13.8 Å². The summed E-state index contributed by atoms with van der Waals surface area (Å²) in [5, 5.41) is 18.4. The first-order chi connectivity index (χ1) is 9.12. The van der Waals surface area contributed by atoms with Gasteiger partial charge in [0.15, 0.2) is 0 Å². The second kappa shape index (κ2) is 6.48. The van der Waals surface area contributed by atoms with E-state index in [9.17, 15) is 18.3 Å². The van der Waals surface area contributed by atoms with Gasteiger partial charge in [-0.2, -0.15) is 13.2 Å². The molecule has 0 radical (unpaired) electrons. The van der Waals surface area contributed by atoms with Crippen molar-refractivity contribution in [1.82, 2.24) is 0 Å². The molecule has 0 bridgehead atoms. The Morgan fingerprint density at radius 3 is 2.00 bits per heavy atom. The van der Waals surface area contributed by atoms with Gasteiger partial charge in [-0.25, -0.2) is 0 Å². The van der Waals surface area contributed by atoms with E-state index in [1.54, 1.807) is 31.2 Å². The molecule has 2 N–H and O–H groups in total. The van der Waals surface area contributed by atoms with E-state index in [2.05, 4.69) is 0 Å². The van der Waals surface area contributed by atoms with Crippen molar-refractivity contribution in [3.8, 4) is 5.75 Å². The maximum atomic E-state index is 12.4. The first kappa shape index (κ1) is 16.8. The fourth-order valence-corrected chi connectivity index (χ4v) is 2.27. The Balaban J connectivity index is 2.68. The van der Waals surface area contributed by atoms with E-state index in [4.69, 9.17) is 5.11 Å². The zero-order chi connectivity index (χ0) is 15.5. The molecule has 0 aliphatic rings. The summed E-state index contributed by atoms with van der Waals surface area (Å²) in [6.45, 7) is 5.54. The van der Waals surface area contributed by atoms with Crippen LogP contribution in [0.5, 0.6) is 5.75 Å². The number of aliphatic hydroxyl groups is 1. The van der Waals surface area contributed by atoms with Gasteiger partial charge in [0.25, 0.3) is 0 Å². The SMILES string of the molecule is CC(CC(O)C(F)(F)F)C(C)C(C)c1ccc(O)cc1. The molecule has 0 aliphatic heterocycles. The number of rotatable bonds is 5. The largest absolute Gasteiger partial charge is 0.508 e. The van der Waals surface area contributed by atoms with E-state index in [1.165, 1.54) is 0 Å². The molecule has 0 fully saturated rings. The number of hydrogen-bond acceptors (Lipinski definition) is 2. The number of aromatic hydroxyl groups is 1. The predicted octanol–water partition coefficient (Wildman–Crippen LogP) is 4.08. The smallest absolute Gasteiger partial charge is 0.414 e. The zero-order valence-corrected chi connectivity index (χ0v) is 11.9. The number of aliphatic hydroxyl groups excluding tert-OH is 1. The molecule has 20 heavy (non-hydrogen) atoms. The number of phenols is 1. The molecule has 1 aromatic carbocycles. The Morgan fingerprint density at radius 2 is 1.55 bits per heavy atom. The molecule has 0 saturated carbocycles. The Kier molecular flexibility index (Phi) is 5.45. The van der Waals surface area contributed by atoms with E-state index in [0.717, 1.165) is 5.56 Å². The second-order valence-electron chi connectivity index (χ2n) is 5.51. The van der Waals surface area contributed by atoms with Crippen LogP contribution in [0.1, 0.15) is 38.7 Å². The highest BCUT2D eigenvalue weighted by molar-refractivity contribution is 5.28. The highest BCUT2D eigenvalue weighted by atomic mass is 19.4. The van der Waals surface area contributed by atoms with Crippen LogP contribution in [0.2, 0.25) is 0 Å². The van der Waals surface area contributed by atoms with E-state index >= 15 is 0 Å². The minimum Gasteiger partial charge on any atom is -0.508 e. The third-order valence-electron chi connectivity index (χ3n) is 4.08. The van der Waals surface area contributed by atoms with Crippen molar-refractivity contribution in [2.24, 2.45) is 11.8 Å². The van der Waals surface area contributed by atoms with Crippen molar-refractivity contribution in [2.75, 3.05) is 0 Å². The summed E-state index contributed by atoms with van der Waals surface area (Å²) in [4.78, 5) is 0. The maximum absolute atomic E-state index is 12.4. The van der Waals surface area contributed by atoms with Gasteiger partial charge >= 0.3 is 6.18 Å². The lowest BCUT2D eigenvalue weighted by atomic mass is 9.79. The summed E-state index contributed by atoms with van der Waals surface area (Å²) in [5.74, 6) is -0.0767. The predicted molar refractivity (Wildman–Crippen MR) is 71.5 cm³/mol. The maximum Gasteiger partial charge on any atom is 0.414 e. The lowest BCUT2D eigenvalue weighted by Gasteiger charge is -2.28. The van der Waals surface area contributed by atoms with Crippen LogP contribution in [0.4, 0.5) is 13.2 Å². The molecule has 2 nitrogen and oxygen atoms in total. The molecule has 0 saturated heterocycles. The summed E-state index contributed by atoms with van der Waals surface area (Å²) in [6, 6.07) is 6.66. The Hall–Kier alpha value is -1.23. The van der Waals surface area contributed by atoms with Gasteiger partial charge in [0, 0.05) is 0 Å². The monoisotopic (exact) mass is 290 g/mol. The van der Waals surface area contributed by atoms with Crippen LogP contribution >= 0.6 is 0 Å². The van der Waals surface area contributed by atoms with Gasteiger partial charge in [-0.15, -0.1) is 0 Å². The standard InChI is InChI=1S/C15H21F3O2/c1-9(8-14(20)15(16,17)18)10(2)11(3)12-4-6-13(19)7-5-12/h4-7,9-11,14,19-20H,8H2,1-3H3. The fraction of sp³-hybridized carbons (Fsp3) is 0.600. The van der Waals surface area contributed by atoms with Crippen LogP contribution in [-0.4, -0.2) is 22.5 Å². The highest BCUT2D eigenvalue weighted by Crippen LogP contribution is 2.34. The lowest BCUT2D eigenvalue weighted by Crippen LogP contribution is -2.32. The molecule has 0 aliphatic carbocycles. The molecule has 0 amide bonds.